The molecule has 2 N–H and O–H groups in total. The molecule has 0 saturated heterocycles. The lowest BCUT2D eigenvalue weighted by molar-refractivity contribution is -0.140. The minimum atomic E-state index is -4.48. The first-order valence-electron chi connectivity index (χ1n) is 11.4. The molecule has 5 aromatic rings. The van der Waals surface area contributed by atoms with Crippen molar-refractivity contribution in [2.45, 2.75) is 32.5 Å². The molecule has 0 unspecified atom stereocenters. The molecule has 0 aliphatic carbocycles. The summed E-state index contributed by atoms with van der Waals surface area (Å²) in [6, 6.07) is 15.3. The highest BCUT2D eigenvalue weighted by atomic mass is 19.4. The molecule has 0 radical (unpaired) electrons. The standard InChI is InChI=1S/C26H24F3N7/c1-15(2)18-6-4-5-7-19(18)22-34-23(21-24(35-22)32-14-31-21)30-12-16-8-10-17(11-9-16)25-33-20(13-36(25)3)26(27,28)29/h4-11,13-15H,12H2,1-3H3,(H2,30,31,32,34,35). The number of nitrogens with zero attached hydrogens (tertiary/aromatic N) is 5. The molecule has 36 heavy (non-hydrogen) atoms. The minimum absolute atomic E-state index is 0.255. The Morgan fingerprint density at radius 1 is 1.00 bits per heavy atom. The maximum Gasteiger partial charge on any atom is 0.434 e. The van der Waals surface area contributed by atoms with E-state index in [2.05, 4.69) is 45.2 Å². The number of nitrogens with one attached hydrogen (secondary N) is 2. The number of rotatable bonds is 6. The van der Waals surface area contributed by atoms with E-state index in [9.17, 15) is 13.2 Å². The van der Waals surface area contributed by atoms with Gasteiger partial charge in [0.1, 0.15) is 11.3 Å². The van der Waals surface area contributed by atoms with E-state index in [1.807, 2.05) is 30.3 Å². The van der Waals surface area contributed by atoms with E-state index in [0.717, 1.165) is 22.9 Å². The van der Waals surface area contributed by atoms with Crippen molar-refractivity contribution in [3.63, 3.8) is 0 Å². The van der Waals surface area contributed by atoms with Crippen LogP contribution >= 0.6 is 0 Å². The van der Waals surface area contributed by atoms with Gasteiger partial charge in [0, 0.05) is 30.9 Å². The van der Waals surface area contributed by atoms with E-state index in [-0.39, 0.29) is 5.82 Å². The summed E-state index contributed by atoms with van der Waals surface area (Å²) in [5.74, 6) is 1.77. The highest BCUT2D eigenvalue weighted by Gasteiger charge is 2.34. The Bertz CT molecular complexity index is 1520. The van der Waals surface area contributed by atoms with Crippen molar-refractivity contribution < 1.29 is 13.2 Å². The van der Waals surface area contributed by atoms with Crippen LogP contribution in [0.25, 0.3) is 33.9 Å². The first-order chi connectivity index (χ1) is 17.2. The van der Waals surface area contributed by atoms with Gasteiger partial charge in [-0.25, -0.2) is 19.9 Å². The number of fused-ring (bicyclic) bond motifs is 1. The lowest BCUT2D eigenvalue weighted by Gasteiger charge is -2.13. The quantitative estimate of drug-likeness (QED) is 0.297. The smallest absolute Gasteiger partial charge is 0.364 e. The predicted molar refractivity (Wildman–Crippen MR) is 132 cm³/mol. The molecule has 0 saturated carbocycles. The van der Waals surface area contributed by atoms with Crippen LogP contribution in [-0.4, -0.2) is 29.5 Å². The van der Waals surface area contributed by atoms with Crippen LogP contribution in [0.15, 0.2) is 61.1 Å². The number of hydrogen-bond donors (Lipinski definition) is 2. The van der Waals surface area contributed by atoms with Crippen LogP contribution < -0.4 is 5.32 Å². The number of imidazole rings is 2. The van der Waals surface area contributed by atoms with Crippen LogP contribution in [0.2, 0.25) is 0 Å². The van der Waals surface area contributed by atoms with Crippen molar-refractivity contribution in [1.29, 1.82) is 0 Å². The molecule has 7 nitrogen and oxygen atoms in total. The van der Waals surface area contributed by atoms with Crippen LogP contribution in [0.5, 0.6) is 0 Å². The lowest BCUT2D eigenvalue weighted by Crippen LogP contribution is -2.05. The largest absolute Gasteiger partial charge is 0.434 e. The van der Waals surface area contributed by atoms with Crippen molar-refractivity contribution in [1.82, 2.24) is 29.5 Å². The van der Waals surface area contributed by atoms with Gasteiger partial charge in [-0.05, 0) is 17.0 Å². The Labute approximate surface area is 205 Å². The topological polar surface area (TPSA) is 84.3 Å². The fraction of sp³-hybridized carbons (Fsp3) is 0.231. The molecule has 2 aromatic carbocycles. The summed E-state index contributed by atoms with van der Waals surface area (Å²) in [7, 11) is 1.55. The first kappa shape index (κ1) is 23.5. The van der Waals surface area contributed by atoms with E-state index in [1.165, 1.54) is 4.57 Å². The number of anilines is 1. The molecule has 0 aliphatic heterocycles. The Morgan fingerprint density at radius 2 is 1.75 bits per heavy atom. The summed E-state index contributed by atoms with van der Waals surface area (Å²) in [6.07, 6.45) is -1.91. The number of halogens is 3. The van der Waals surface area contributed by atoms with Crippen molar-refractivity contribution in [3.05, 3.63) is 77.9 Å². The van der Waals surface area contributed by atoms with Crippen LogP contribution in [0.1, 0.15) is 36.6 Å². The predicted octanol–water partition coefficient (Wildman–Crippen LogP) is 6.17. The highest BCUT2D eigenvalue weighted by molar-refractivity contribution is 5.85. The molecule has 3 heterocycles. The second kappa shape index (κ2) is 9.10. The molecule has 5 rings (SSSR count). The van der Waals surface area contributed by atoms with Gasteiger partial charge in [0.25, 0.3) is 0 Å². The van der Waals surface area contributed by atoms with E-state index in [0.29, 0.717) is 40.8 Å². The maximum absolute atomic E-state index is 13.0. The zero-order chi connectivity index (χ0) is 25.4. The Hall–Kier alpha value is -4.21. The molecule has 0 bridgehead atoms. The Kier molecular flexibility index (Phi) is 5.95. The summed E-state index contributed by atoms with van der Waals surface area (Å²) in [4.78, 5) is 20.6. The van der Waals surface area contributed by atoms with Crippen molar-refractivity contribution in [3.8, 4) is 22.8 Å². The van der Waals surface area contributed by atoms with Gasteiger partial charge in [-0.15, -0.1) is 0 Å². The second-order valence-corrected chi connectivity index (χ2v) is 8.85. The zero-order valence-corrected chi connectivity index (χ0v) is 19.9. The first-order valence-corrected chi connectivity index (χ1v) is 11.4. The third kappa shape index (κ3) is 4.53. The summed E-state index contributed by atoms with van der Waals surface area (Å²) >= 11 is 0. The number of alkyl halides is 3. The van der Waals surface area contributed by atoms with E-state index in [1.54, 1.807) is 25.5 Å². The van der Waals surface area contributed by atoms with E-state index < -0.39 is 11.9 Å². The van der Waals surface area contributed by atoms with E-state index >= 15 is 0 Å². The lowest BCUT2D eigenvalue weighted by atomic mass is 9.97. The molecule has 0 fully saturated rings. The normalized spacial score (nSPS) is 12.0. The molecule has 0 aliphatic rings. The van der Waals surface area contributed by atoms with Gasteiger partial charge in [-0.2, -0.15) is 13.2 Å². The molecular weight excluding hydrogens is 467 g/mol. The fourth-order valence-corrected chi connectivity index (χ4v) is 4.11. The van der Waals surface area contributed by atoms with Crippen LogP contribution in [0, 0.1) is 0 Å². The zero-order valence-electron chi connectivity index (χ0n) is 19.9. The Morgan fingerprint density at radius 3 is 2.44 bits per heavy atom. The maximum atomic E-state index is 13.0. The van der Waals surface area contributed by atoms with Gasteiger partial charge in [0.05, 0.1) is 6.33 Å². The van der Waals surface area contributed by atoms with Gasteiger partial charge in [0.15, 0.2) is 23.0 Å². The average Bonchev–Trinajstić information content (AvgIpc) is 3.49. The monoisotopic (exact) mass is 491 g/mol. The molecule has 3 aromatic heterocycles. The van der Waals surface area contributed by atoms with Crippen LogP contribution in [0.3, 0.4) is 0 Å². The molecule has 184 valence electrons. The fourth-order valence-electron chi connectivity index (χ4n) is 4.11. The molecule has 0 atom stereocenters. The highest BCUT2D eigenvalue weighted by Crippen LogP contribution is 2.31. The third-order valence-electron chi connectivity index (χ3n) is 5.95. The number of benzene rings is 2. The van der Waals surface area contributed by atoms with Crippen LogP contribution in [0.4, 0.5) is 19.0 Å². The summed E-state index contributed by atoms with van der Waals surface area (Å²) in [5.41, 5.74) is 3.99. The number of aryl methyl sites for hydroxylation is 1. The van der Waals surface area contributed by atoms with Crippen LogP contribution in [-0.2, 0) is 19.8 Å². The third-order valence-corrected chi connectivity index (χ3v) is 5.95. The van der Waals surface area contributed by atoms with Crippen molar-refractivity contribution >= 4 is 17.0 Å². The second-order valence-electron chi connectivity index (χ2n) is 8.85. The summed E-state index contributed by atoms with van der Waals surface area (Å²) < 4.78 is 40.4. The van der Waals surface area contributed by atoms with Gasteiger partial charge in [0.2, 0.25) is 0 Å². The van der Waals surface area contributed by atoms with Crippen molar-refractivity contribution in [2.24, 2.45) is 7.05 Å². The molecule has 0 amide bonds. The summed E-state index contributed by atoms with van der Waals surface area (Å²) in [6.45, 7) is 4.71. The minimum Gasteiger partial charge on any atom is -0.364 e. The van der Waals surface area contributed by atoms with Gasteiger partial charge < -0.3 is 14.9 Å². The van der Waals surface area contributed by atoms with Gasteiger partial charge in [-0.1, -0.05) is 62.4 Å². The number of H-pyrrole nitrogens is 1. The van der Waals surface area contributed by atoms with Gasteiger partial charge >= 0.3 is 6.18 Å². The molecule has 0 spiro atoms. The SMILES string of the molecule is CC(C)c1ccccc1-c1nc(NCc2ccc(-c3nc(C(F)(F)F)cn3C)cc2)c2[nH]cnc2n1. The molecular formula is C26H24F3N7. The Balaban J connectivity index is 1.40. The summed E-state index contributed by atoms with van der Waals surface area (Å²) in [5, 5.41) is 3.35. The van der Waals surface area contributed by atoms with E-state index in [4.69, 9.17) is 4.98 Å². The molecule has 10 heteroatoms. The van der Waals surface area contributed by atoms with Crippen molar-refractivity contribution in [2.75, 3.05) is 5.32 Å². The number of aromatic amines is 1. The number of aromatic nitrogens is 6. The van der Waals surface area contributed by atoms with Gasteiger partial charge in [-0.3, -0.25) is 0 Å². The average molecular weight is 492 g/mol. The number of hydrogen-bond acceptors (Lipinski definition) is 5.